The van der Waals surface area contributed by atoms with Gasteiger partial charge in [-0.15, -0.1) is 0 Å². The largest absolute Gasteiger partial charge is 0.494 e. The Morgan fingerprint density at radius 1 is 1.08 bits per heavy atom. The number of fused-ring (bicyclic) bond motifs is 1. The molecule has 0 spiro atoms. The predicted molar refractivity (Wildman–Crippen MR) is 98.1 cm³/mol. The zero-order chi connectivity index (χ0) is 18.4. The predicted octanol–water partition coefficient (Wildman–Crippen LogP) is 4.27. The summed E-state index contributed by atoms with van der Waals surface area (Å²) in [4.78, 5) is 23.9. The van der Waals surface area contributed by atoms with Gasteiger partial charge >= 0.3 is 5.97 Å². The number of furan rings is 1. The first-order valence-electron chi connectivity index (χ1n) is 8.25. The molecule has 3 rings (SSSR count). The Kier molecular flexibility index (Phi) is 5.49. The van der Waals surface area contributed by atoms with Gasteiger partial charge in [0, 0.05) is 11.5 Å². The van der Waals surface area contributed by atoms with E-state index in [1.807, 2.05) is 49.4 Å². The third kappa shape index (κ3) is 4.39. The first kappa shape index (κ1) is 17.5. The van der Waals surface area contributed by atoms with Crippen LogP contribution < -0.4 is 4.74 Å². The summed E-state index contributed by atoms with van der Waals surface area (Å²) < 4.78 is 15.8. The highest BCUT2D eigenvalue weighted by atomic mass is 16.5. The van der Waals surface area contributed by atoms with E-state index in [-0.39, 0.29) is 18.2 Å². The number of carbonyl (C=O) groups excluding carboxylic acids is 2. The summed E-state index contributed by atoms with van der Waals surface area (Å²) in [6.07, 6.45) is 2.89. The molecule has 0 amide bonds. The van der Waals surface area contributed by atoms with Crippen LogP contribution in [-0.2, 0) is 9.53 Å². The molecule has 132 valence electrons. The summed E-state index contributed by atoms with van der Waals surface area (Å²) in [5.41, 5.74) is 1.45. The van der Waals surface area contributed by atoms with Crippen LogP contribution in [-0.4, -0.2) is 25.0 Å². The van der Waals surface area contributed by atoms with Crippen molar-refractivity contribution >= 4 is 28.8 Å². The van der Waals surface area contributed by atoms with Crippen molar-refractivity contribution in [1.29, 1.82) is 0 Å². The second-order valence-corrected chi connectivity index (χ2v) is 5.51. The SMILES string of the molecule is CCOc1ccc(/C=C/C(=O)OCC(=O)c2cc3ccccc3o2)cc1. The van der Waals surface area contributed by atoms with Crippen LogP contribution in [0.25, 0.3) is 17.0 Å². The van der Waals surface area contributed by atoms with Gasteiger partial charge in [0.2, 0.25) is 5.78 Å². The minimum Gasteiger partial charge on any atom is -0.494 e. The summed E-state index contributed by atoms with van der Waals surface area (Å²) in [6, 6.07) is 16.2. The third-order valence-electron chi connectivity index (χ3n) is 3.65. The van der Waals surface area contributed by atoms with Crippen LogP contribution in [0.3, 0.4) is 0 Å². The van der Waals surface area contributed by atoms with Gasteiger partial charge in [-0.2, -0.15) is 0 Å². The molecule has 0 aliphatic rings. The topological polar surface area (TPSA) is 65.7 Å². The Bertz CT molecular complexity index is 901. The van der Waals surface area contributed by atoms with E-state index >= 15 is 0 Å². The zero-order valence-corrected chi connectivity index (χ0v) is 14.3. The molecule has 0 unspecified atom stereocenters. The number of rotatable bonds is 7. The summed E-state index contributed by atoms with van der Waals surface area (Å²) in [5, 5.41) is 0.831. The maximum Gasteiger partial charge on any atom is 0.331 e. The van der Waals surface area contributed by atoms with Crippen LogP contribution in [0.5, 0.6) is 5.75 Å². The molecule has 1 heterocycles. The zero-order valence-electron chi connectivity index (χ0n) is 14.3. The number of esters is 1. The van der Waals surface area contributed by atoms with E-state index in [4.69, 9.17) is 13.9 Å². The van der Waals surface area contributed by atoms with E-state index in [0.717, 1.165) is 16.7 Å². The van der Waals surface area contributed by atoms with Crippen LogP contribution in [0.1, 0.15) is 23.0 Å². The highest BCUT2D eigenvalue weighted by molar-refractivity contribution is 5.99. The number of benzene rings is 2. The Balaban J connectivity index is 1.53. The number of para-hydroxylation sites is 1. The van der Waals surface area contributed by atoms with Crippen molar-refractivity contribution in [3.63, 3.8) is 0 Å². The number of carbonyl (C=O) groups is 2. The Morgan fingerprint density at radius 3 is 2.58 bits per heavy atom. The first-order chi connectivity index (χ1) is 12.7. The summed E-state index contributed by atoms with van der Waals surface area (Å²) >= 11 is 0. The van der Waals surface area contributed by atoms with Crippen LogP contribution >= 0.6 is 0 Å². The van der Waals surface area contributed by atoms with Crippen molar-refractivity contribution in [2.75, 3.05) is 13.2 Å². The quantitative estimate of drug-likeness (QED) is 0.362. The lowest BCUT2D eigenvalue weighted by Crippen LogP contribution is -2.11. The molecule has 0 aliphatic heterocycles. The molecule has 1 aromatic heterocycles. The second kappa shape index (κ2) is 8.16. The smallest absolute Gasteiger partial charge is 0.331 e. The minimum atomic E-state index is -0.594. The van der Waals surface area contributed by atoms with E-state index in [9.17, 15) is 9.59 Å². The van der Waals surface area contributed by atoms with Gasteiger partial charge in [0.1, 0.15) is 11.3 Å². The van der Waals surface area contributed by atoms with Crippen LogP contribution in [0, 0.1) is 0 Å². The highest BCUT2D eigenvalue weighted by Crippen LogP contribution is 2.19. The fourth-order valence-corrected chi connectivity index (χ4v) is 2.38. The lowest BCUT2D eigenvalue weighted by molar-refractivity contribution is -0.136. The van der Waals surface area contributed by atoms with Gasteiger partial charge in [0.05, 0.1) is 6.61 Å². The molecule has 0 atom stereocenters. The Morgan fingerprint density at radius 2 is 1.85 bits per heavy atom. The molecular formula is C21H18O5. The number of hydrogen-bond donors (Lipinski definition) is 0. The number of ketones is 1. The fraction of sp³-hybridized carbons (Fsp3) is 0.143. The molecule has 0 saturated carbocycles. The van der Waals surface area contributed by atoms with Crippen LogP contribution in [0.2, 0.25) is 0 Å². The average Bonchev–Trinajstić information content (AvgIpc) is 3.10. The van der Waals surface area contributed by atoms with Crippen LogP contribution in [0.4, 0.5) is 0 Å². The molecule has 0 N–H and O–H groups in total. The van der Waals surface area contributed by atoms with Gasteiger partial charge in [-0.3, -0.25) is 4.79 Å². The summed E-state index contributed by atoms with van der Waals surface area (Å²) in [6.45, 7) is 2.14. The number of ether oxygens (including phenoxy) is 2. The van der Waals surface area contributed by atoms with E-state index in [0.29, 0.717) is 12.2 Å². The van der Waals surface area contributed by atoms with Crippen molar-refractivity contribution in [2.24, 2.45) is 0 Å². The van der Waals surface area contributed by atoms with Gasteiger partial charge in [0.15, 0.2) is 12.4 Å². The standard InChI is InChI=1S/C21H18O5/c1-2-24-17-10-7-15(8-11-17)9-12-21(23)25-14-18(22)20-13-16-5-3-4-6-19(16)26-20/h3-13H,2,14H2,1H3/b12-9+. The second-order valence-electron chi connectivity index (χ2n) is 5.51. The lowest BCUT2D eigenvalue weighted by Gasteiger charge is -2.02. The molecular weight excluding hydrogens is 332 g/mol. The van der Waals surface area contributed by atoms with E-state index in [1.54, 1.807) is 18.2 Å². The Hall–Kier alpha value is -3.34. The van der Waals surface area contributed by atoms with Gasteiger partial charge in [0.25, 0.3) is 0 Å². The van der Waals surface area contributed by atoms with E-state index < -0.39 is 5.97 Å². The maximum absolute atomic E-state index is 12.1. The molecule has 0 fully saturated rings. The minimum absolute atomic E-state index is 0.175. The first-order valence-corrected chi connectivity index (χ1v) is 8.25. The molecule has 26 heavy (non-hydrogen) atoms. The molecule has 2 aromatic carbocycles. The molecule has 0 aliphatic carbocycles. The third-order valence-corrected chi connectivity index (χ3v) is 3.65. The number of hydrogen-bond acceptors (Lipinski definition) is 5. The lowest BCUT2D eigenvalue weighted by atomic mass is 10.2. The van der Waals surface area contributed by atoms with Crippen molar-refractivity contribution in [2.45, 2.75) is 6.92 Å². The fourth-order valence-electron chi connectivity index (χ4n) is 2.38. The summed E-state index contributed by atoms with van der Waals surface area (Å²) in [7, 11) is 0. The molecule has 3 aromatic rings. The summed E-state index contributed by atoms with van der Waals surface area (Å²) in [5.74, 6) is -0.0366. The van der Waals surface area contributed by atoms with Crippen molar-refractivity contribution in [3.8, 4) is 5.75 Å². The van der Waals surface area contributed by atoms with Crippen molar-refractivity contribution < 1.29 is 23.5 Å². The van der Waals surface area contributed by atoms with Gasteiger partial charge in [-0.25, -0.2) is 4.79 Å². The van der Waals surface area contributed by atoms with Gasteiger partial charge < -0.3 is 13.9 Å². The average molecular weight is 350 g/mol. The molecule has 0 saturated heterocycles. The van der Waals surface area contributed by atoms with E-state index in [1.165, 1.54) is 6.08 Å². The maximum atomic E-state index is 12.1. The van der Waals surface area contributed by atoms with Gasteiger partial charge in [-0.05, 0) is 42.8 Å². The van der Waals surface area contributed by atoms with Crippen molar-refractivity contribution in [3.05, 3.63) is 72.0 Å². The molecule has 0 radical (unpaired) electrons. The monoisotopic (exact) mass is 350 g/mol. The van der Waals surface area contributed by atoms with Gasteiger partial charge in [-0.1, -0.05) is 30.3 Å². The number of Topliss-reactive ketones (excluding diaryl/α,β-unsaturated/α-hetero) is 1. The highest BCUT2D eigenvalue weighted by Gasteiger charge is 2.13. The van der Waals surface area contributed by atoms with Crippen molar-refractivity contribution in [1.82, 2.24) is 0 Å². The Labute approximate surface area is 150 Å². The van der Waals surface area contributed by atoms with E-state index in [2.05, 4.69) is 0 Å². The molecule has 0 bridgehead atoms. The molecule has 5 nitrogen and oxygen atoms in total. The molecule has 5 heteroatoms. The normalized spacial score (nSPS) is 11.0. The van der Waals surface area contributed by atoms with Crippen LogP contribution in [0.15, 0.2) is 65.1 Å².